The fourth-order valence-electron chi connectivity index (χ4n) is 10.6. The van der Waals surface area contributed by atoms with Crippen molar-refractivity contribution in [2.45, 2.75) is 97.4 Å². The van der Waals surface area contributed by atoms with E-state index in [4.69, 9.17) is 4.12 Å². The van der Waals surface area contributed by atoms with E-state index in [-0.39, 0.29) is 5.41 Å². The van der Waals surface area contributed by atoms with Crippen LogP contribution in [-0.2, 0) is 4.12 Å². The molecular formula is C40H58OSi5. The summed E-state index contributed by atoms with van der Waals surface area (Å²) in [4.78, 5) is 0. The average molecular weight is 695 g/mol. The van der Waals surface area contributed by atoms with Gasteiger partial charge < -0.3 is 4.12 Å². The van der Waals surface area contributed by atoms with Crippen LogP contribution in [-0.4, -0.2) is 38.9 Å². The Morgan fingerprint density at radius 3 is 1.24 bits per heavy atom. The molecule has 4 saturated carbocycles. The molecule has 7 rings (SSSR count). The molecule has 0 unspecified atom stereocenters. The summed E-state index contributed by atoms with van der Waals surface area (Å²) in [6.45, 7) is 23.0. The van der Waals surface area contributed by atoms with Crippen LogP contribution < -0.4 is 15.6 Å². The molecule has 0 saturated heterocycles. The van der Waals surface area contributed by atoms with Crippen LogP contribution in [0.2, 0.25) is 58.9 Å². The highest BCUT2D eigenvalue weighted by Crippen LogP contribution is 2.63. The second-order valence-corrected chi connectivity index (χ2v) is 52.6. The Balaban J connectivity index is 1.79. The molecule has 0 atom stereocenters. The molecule has 4 fully saturated rings. The zero-order chi connectivity index (χ0) is 33.0. The molecule has 0 aliphatic heterocycles. The van der Waals surface area contributed by atoms with Crippen molar-refractivity contribution in [1.82, 2.24) is 0 Å². The maximum atomic E-state index is 7.74. The van der Waals surface area contributed by atoms with Crippen LogP contribution in [0.3, 0.4) is 0 Å². The fourth-order valence-corrected chi connectivity index (χ4v) is 67.2. The van der Waals surface area contributed by atoms with E-state index in [9.17, 15) is 0 Å². The first-order valence-corrected chi connectivity index (χ1v) is 34.3. The Bertz CT molecular complexity index is 1430. The summed E-state index contributed by atoms with van der Waals surface area (Å²) < 4.78 is 7.74. The van der Waals surface area contributed by atoms with E-state index in [1.54, 1.807) is 5.20 Å². The van der Waals surface area contributed by atoms with Gasteiger partial charge in [-0.3, -0.25) is 0 Å². The maximum Gasteiger partial charge on any atom is 0.184 e. The van der Waals surface area contributed by atoms with Crippen LogP contribution in [0.4, 0.5) is 0 Å². The maximum absolute atomic E-state index is 7.74. The first-order chi connectivity index (χ1) is 21.6. The Hall–Kier alpha value is -1.78. The standard InChI is InChI=1S/C40H58OSi5/c1-42(2,3)41-45(43(4,5)6,44(7,8)9)26-25-39(40-30-33-27-34(31-40)29-35(28-33)32-40)46(36-19-13-10-14-20-36,37-21-15-11-16-22-37)38-23-17-12-18-24-38/h10-24,26,33-35H,27-32H2,1-9H3. The largest absolute Gasteiger partial charge is 0.456 e. The van der Waals surface area contributed by atoms with Crippen molar-refractivity contribution in [2.24, 2.45) is 23.2 Å². The predicted octanol–water partition coefficient (Wildman–Crippen LogP) is 9.16. The second kappa shape index (κ2) is 12.3. The average Bonchev–Trinajstić information content (AvgIpc) is 2.97. The predicted molar refractivity (Wildman–Crippen MR) is 213 cm³/mol. The molecule has 3 aromatic carbocycles. The molecule has 0 heterocycles. The van der Waals surface area contributed by atoms with Gasteiger partial charge >= 0.3 is 0 Å². The SMILES string of the molecule is C[Si](C)(C)O[Si](C=C=C(C12CC3CC(CC(C3)C1)C2)[Si](c1ccccc1)(c1ccccc1)c1ccccc1)([Si](C)(C)C)[Si](C)(C)C. The zero-order valence-corrected chi connectivity index (χ0v) is 35.1. The summed E-state index contributed by atoms with van der Waals surface area (Å²) in [5.41, 5.74) is 7.54. The molecule has 3 aromatic rings. The normalized spacial score (nSPS) is 24.8. The smallest absolute Gasteiger partial charge is 0.184 e. The van der Waals surface area contributed by atoms with Crippen LogP contribution >= 0.6 is 0 Å². The van der Waals surface area contributed by atoms with Crippen LogP contribution in [0, 0.1) is 23.2 Å². The Morgan fingerprint density at radius 1 is 0.587 bits per heavy atom. The van der Waals surface area contributed by atoms with Gasteiger partial charge in [0.15, 0.2) is 23.7 Å². The third kappa shape index (κ3) is 6.01. The minimum absolute atomic E-state index is 0.206. The van der Waals surface area contributed by atoms with Crippen molar-refractivity contribution in [1.29, 1.82) is 0 Å². The summed E-state index contributed by atoms with van der Waals surface area (Å²) in [5, 5.41) is 6.23. The Morgan fingerprint density at radius 2 is 0.935 bits per heavy atom. The summed E-state index contributed by atoms with van der Waals surface area (Å²) in [5.74, 6) is 2.60. The molecule has 0 spiro atoms. The highest BCUT2D eigenvalue weighted by Gasteiger charge is 2.60. The van der Waals surface area contributed by atoms with Gasteiger partial charge in [0, 0.05) is 0 Å². The van der Waals surface area contributed by atoms with Gasteiger partial charge in [-0.15, -0.1) is 5.73 Å². The van der Waals surface area contributed by atoms with Gasteiger partial charge in [-0.1, -0.05) is 130 Å². The molecule has 4 bridgehead atoms. The fraction of sp³-hybridized carbons (Fsp3) is 0.475. The first kappa shape index (κ1) is 34.1. The van der Waals surface area contributed by atoms with Crippen LogP contribution in [0.5, 0.6) is 0 Å². The minimum atomic E-state index is -2.73. The van der Waals surface area contributed by atoms with E-state index < -0.39 is 38.9 Å². The van der Waals surface area contributed by atoms with Crippen molar-refractivity contribution in [3.8, 4) is 0 Å². The Labute approximate surface area is 285 Å². The number of hydrogen-bond donors (Lipinski definition) is 0. The van der Waals surface area contributed by atoms with Crippen molar-refractivity contribution in [2.75, 3.05) is 0 Å². The summed E-state index contributed by atoms with van der Waals surface area (Å²) in [6.07, 6.45) is 8.40. The van der Waals surface area contributed by atoms with Crippen molar-refractivity contribution in [3.05, 3.63) is 108 Å². The molecule has 0 radical (unpaired) electrons. The van der Waals surface area contributed by atoms with Gasteiger partial charge in [-0.05, 0) is 108 Å². The topological polar surface area (TPSA) is 9.23 Å². The van der Waals surface area contributed by atoms with Gasteiger partial charge in [0.1, 0.15) is 0 Å². The molecule has 0 aromatic heterocycles. The molecule has 4 aliphatic carbocycles. The van der Waals surface area contributed by atoms with Gasteiger partial charge in [-0.2, -0.15) is 0 Å². The number of rotatable bonds is 10. The molecule has 0 N–H and O–H groups in total. The molecule has 1 nitrogen and oxygen atoms in total. The summed E-state index contributed by atoms with van der Waals surface area (Å²) in [7, 11) is -10.3. The number of allylic oxidation sites excluding steroid dienone is 1. The first-order valence-electron chi connectivity index (χ1n) is 18.0. The summed E-state index contributed by atoms with van der Waals surface area (Å²) in [6, 6.07) is 35.2. The Kier molecular flexibility index (Phi) is 9.10. The quantitative estimate of drug-likeness (QED) is 0.117. The summed E-state index contributed by atoms with van der Waals surface area (Å²) >= 11 is 0. The second-order valence-electron chi connectivity index (χ2n) is 18.2. The molecule has 4 aliphatic rings. The molecule has 244 valence electrons. The van der Waals surface area contributed by atoms with Crippen molar-refractivity contribution >= 4 is 54.5 Å². The van der Waals surface area contributed by atoms with Crippen LogP contribution in [0.15, 0.2) is 108 Å². The lowest BCUT2D eigenvalue weighted by molar-refractivity contribution is -0.0267. The highest BCUT2D eigenvalue weighted by molar-refractivity contribution is 7.69. The van der Waals surface area contributed by atoms with E-state index in [0.717, 1.165) is 17.8 Å². The van der Waals surface area contributed by atoms with E-state index in [2.05, 4.69) is 161 Å². The van der Waals surface area contributed by atoms with Gasteiger partial charge in [0.25, 0.3) is 0 Å². The molecular weight excluding hydrogens is 637 g/mol. The lowest BCUT2D eigenvalue weighted by atomic mass is 9.49. The third-order valence-corrected chi connectivity index (χ3v) is 55.0. The van der Waals surface area contributed by atoms with E-state index >= 15 is 0 Å². The molecule has 46 heavy (non-hydrogen) atoms. The zero-order valence-electron chi connectivity index (χ0n) is 30.1. The number of benzene rings is 3. The van der Waals surface area contributed by atoms with Crippen molar-refractivity contribution in [3.63, 3.8) is 0 Å². The highest BCUT2D eigenvalue weighted by atomic mass is 29.7. The van der Waals surface area contributed by atoms with E-state index in [1.165, 1.54) is 54.1 Å². The molecule has 0 amide bonds. The monoisotopic (exact) mass is 694 g/mol. The minimum Gasteiger partial charge on any atom is -0.456 e. The number of hydrogen-bond acceptors (Lipinski definition) is 1. The van der Waals surface area contributed by atoms with Gasteiger partial charge in [0.2, 0.25) is 0 Å². The lowest BCUT2D eigenvalue weighted by Gasteiger charge is -2.60. The van der Waals surface area contributed by atoms with E-state index in [1.807, 2.05) is 0 Å². The van der Waals surface area contributed by atoms with Crippen LogP contribution in [0.1, 0.15) is 38.5 Å². The molecule has 6 heteroatoms. The van der Waals surface area contributed by atoms with Gasteiger partial charge in [-0.25, -0.2) is 0 Å². The van der Waals surface area contributed by atoms with E-state index in [0.29, 0.717) is 0 Å². The van der Waals surface area contributed by atoms with Crippen molar-refractivity contribution < 1.29 is 4.12 Å². The third-order valence-electron chi connectivity index (χ3n) is 11.7. The lowest BCUT2D eigenvalue weighted by Crippen LogP contribution is -2.75. The van der Waals surface area contributed by atoms with Gasteiger partial charge in [0.05, 0.1) is 15.2 Å². The van der Waals surface area contributed by atoms with Crippen LogP contribution in [0.25, 0.3) is 0 Å².